The molecule has 1 aliphatic carbocycles. The number of aliphatic hydroxyl groups is 2. The van der Waals surface area contributed by atoms with E-state index in [1.165, 1.54) is 0 Å². The molecule has 140 valence electrons. The van der Waals surface area contributed by atoms with Crippen molar-refractivity contribution in [3.05, 3.63) is 53.0 Å². The largest absolute Gasteiger partial charge is 0.438 e. The molecule has 0 aliphatic heterocycles. The van der Waals surface area contributed by atoms with Gasteiger partial charge >= 0.3 is 11.8 Å². The highest BCUT2D eigenvalue weighted by atomic mass is 19.3. The number of alkyl halides is 6. The van der Waals surface area contributed by atoms with Gasteiger partial charge in [-0.25, -0.2) is 8.78 Å². The maximum atomic E-state index is 13.8. The summed E-state index contributed by atoms with van der Waals surface area (Å²) in [6.07, 6.45) is -3.70. The number of hydrogen-bond donors (Lipinski definition) is 2. The maximum absolute atomic E-state index is 13.8. The van der Waals surface area contributed by atoms with Gasteiger partial charge in [0.25, 0.3) is 12.2 Å². The van der Waals surface area contributed by atoms with Gasteiger partial charge in [0, 0.05) is 17.2 Å². The van der Waals surface area contributed by atoms with E-state index in [0.29, 0.717) is 12.1 Å². The predicted molar refractivity (Wildman–Crippen MR) is 70.6 cm³/mol. The fourth-order valence-electron chi connectivity index (χ4n) is 2.65. The van der Waals surface area contributed by atoms with Gasteiger partial charge in [-0.1, -0.05) is 6.07 Å². The van der Waals surface area contributed by atoms with Crippen LogP contribution in [0.5, 0.6) is 11.6 Å². The summed E-state index contributed by atoms with van der Waals surface area (Å²) in [6, 6.07) is 3.84. The number of rotatable bonds is 3. The Balaban J connectivity index is 2.23. The minimum Gasteiger partial charge on any atom is -0.438 e. The zero-order valence-electron chi connectivity index (χ0n) is 12.4. The number of halogens is 7. The van der Waals surface area contributed by atoms with Gasteiger partial charge in [-0.15, -0.1) is 0 Å². The normalized spacial score (nSPS) is 19.5. The van der Waals surface area contributed by atoms with Crippen molar-refractivity contribution < 1.29 is 45.7 Å². The van der Waals surface area contributed by atoms with Gasteiger partial charge in [-0.05, 0) is 18.2 Å². The van der Waals surface area contributed by atoms with E-state index in [-0.39, 0.29) is 0 Å². The molecule has 3 rings (SSSR count). The van der Waals surface area contributed by atoms with Gasteiger partial charge in [0.2, 0.25) is 11.8 Å². The van der Waals surface area contributed by atoms with Crippen LogP contribution in [-0.2, 0) is 11.7 Å². The number of pyridine rings is 1. The first-order chi connectivity index (χ1) is 11.9. The molecule has 0 unspecified atom stereocenters. The number of hydrogen-bond acceptors (Lipinski definition) is 4. The van der Waals surface area contributed by atoms with Crippen molar-refractivity contribution >= 4 is 0 Å². The number of benzene rings is 1. The third-order valence-electron chi connectivity index (χ3n) is 3.85. The van der Waals surface area contributed by atoms with Crippen LogP contribution in [-0.4, -0.2) is 21.1 Å². The lowest BCUT2D eigenvalue weighted by molar-refractivity contribution is -0.358. The highest BCUT2D eigenvalue weighted by molar-refractivity contribution is 5.55. The fourth-order valence-corrected chi connectivity index (χ4v) is 2.65. The molecule has 0 bridgehead atoms. The lowest BCUT2D eigenvalue weighted by atomic mass is 9.98. The SMILES string of the molecule is OC1(O)c2c(ccc(Oc3cccc(F)n3)c2C(F)F)C(F)(F)C1(F)F. The Morgan fingerprint density at radius 3 is 2.23 bits per heavy atom. The van der Waals surface area contributed by atoms with Crippen LogP contribution in [0.15, 0.2) is 30.3 Å². The van der Waals surface area contributed by atoms with Crippen LogP contribution in [0.4, 0.5) is 30.7 Å². The molecule has 0 saturated carbocycles. The second kappa shape index (κ2) is 5.55. The summed E-state index contributed by atoms with van der Waals surface area (Å²) in [5.41, 5.74) is -5.03. The average molecular weight is 383 g/mol. The molecule has 1 heterocycles. The highest BCUT2D eigenvalue weighted by Crippen LogP contribution is 2.62. The number of aromatic nitrogens is 1. The van der Waals surface area contributed by atoms with Crippen LogP contribution in [0.25, 0.3) is 0 Å². The Bertz CT molecular complexity index is 870. The standard InChI is InChI=1S/C15H8F7NO3/c16-8-2-1-3-9(23-8)26-7-5-4-6-11(10(7)12(17)18)14(24,25)15(21,22)13(6,19)20/h1-5,12,24-25H. The summed E-state index contributed by atoms with van der Waals surface area (Å²) in [5.74, 6) is -17.8. The lowest BCUT2D eigenvalue weighted by Crippen LogP contribution is -2.49. The zero-order valence-corrected chi connectivity index (χ0v) is 12.4. The quantitative estimate of drug-likeness (QED) is 0.481. The maximum Gasteiger partial charge on any atom is 0.371 e. The Kier molecular flexibility index (Phi) is 3.92. The number of ether oxygens (including phenoxy) is 1. The molecule has 0 fully saturated rings. The summed E-state index contributed by atoms with van der Waals surface area (Å²) in [7, 11) is 0. The van der Waals surface area contributed by atoms with Gasteiger partial charge in [0.15, 0.2) is 0 Å². The lowest BCUT2D eigenvalue weighted by Gasteiger charge is -2.28. The first-order valence-corrected chi connectivity index (χ1v) is 6.88. The summed E-state index contributed by atoms with van der Waals surface area (Å²) >= 11 is 0. The summed E-state index contributed by atoms with van der Waals surface area (Å²) < 4.78 is 100.0. The molecule has 0 amide bonds. The molecule has 0 radical (unpaired) electrons. The van der Waals surface area contributed by atoms with Gasteiger partial charge in [-0.2, -0.15) is 26.9 Å². The molecular formula is C15H8F7NO3. The predicted octanol–water partition coefficient (Wildman–Crippen LogP) is 3.83. The summed E-state index contributed by atoms with van der Waals surface area (Å²) in [5, 5.41) is 19.1. The van der Waals surface area contributed by atoms with E-state index in [1.54, 1.807) is 0 Å². The van der Waals surface area contributed by atoms with Crippen molar-refractivity contribution in [2.75, 3.05) is 0 Å². The Morgan fingerprint density at radius 2 is 1.65 bits per heavy atom. The minimum absolute atomic E-state index is 0.304. The summed E-state index contributed by atoms with van der Waals surface area (Å²) in [6.45, 7) is 0. The first-order valence-electron chi connectivity index (χ1n) is 6.88. The van der Waals surface area contributed by atoms with Crippen LogP contribution in [0.1, 0.15) is 23.1 Å². The van der Waals surface area contributed by atoms with E-state index in [1.807, 2.05) is 0 Å². The van der Waals surface area contributed by atoms with Crippen molar-refractivity contribution in [1.82, 2.24) is 4.98 Å². The van der Waals surface area contributed by atoms with Gasteiger partial charge in [-0.3, -0.25) is 0 Å². The summed E-state index contributed by atoms with van der Waals surface area (Å²) in [4.78, 5) is 3.20. The van der Waals surface area contributed by atoms with E-state index in [4.69, 9.17) is 4.74 Å². The van der Waals surface area contributed by atoms with Crippen molar-refractivity contribution in [3.8, 4) is 11.6 Å². The molecule has 1 aliphatic rings. The third-order valence-corrected chi connectivity index (χ3v) is 3.85. The monoisotopic (exact) mass is 383 g/mol. The van der Waals surface area contributed by atoms with Crippen LogP contribution in [0, 0.1) is 5.95 Å². The average Bonchev–Trinajstić information content (AvgIpc) is 2.63. The smallest absolute Gasteiger partial charge is 0.371 e. The van der Waals surface area contributed by atoms with Crippen LogP contribution in [0.3, 0.4) is 0 Å². The zero-order chi connectivity index (χ0) is 19.5. The molecule has 1 aromatic carbocycles. The number of nitrogens with zero attached hydrogens (tertiary/aromatic N) is 1. The molecule has 0 atom stereocenters. The molecule has 0 saturated heterocycles. The minimum atomic E-state index is -5.47. The molecule has 2 N–H and O–H groups in total. The van der Waals surface area contributed by atoms with Crippen LogP contribution in [0.2, 0.25) is 0 Å². The van der Waals surface area contributed by atoms with E-state index < -0.39 is 58.3 Å². The van der Waals surface area contributed by atoms with Crippen molar-refractivity contribution in [2.24, 2.45) is 0 Å². The van der Waals surface area contributed by atoms with E-state index in [9.17, 15) is 40.9 Å². The van der Waals surface area contributed by atoms with Gasteiger partial charge in [0.1, 0.15) is 5.75 Å². The fraction of sp³-hybridized carbons (Fsp3) is 0.267. The molecule has 2 aromatic rings. The third kappa shape index (κ3) is 2.34. The molecule has 4 nitrogen and oxygen atoms in total. The van der Waals surface area contributed by atoms with Crippen LogP contribution >= 0.6 is 0 Å². The van der Waals surface area contributed by atoms with Crippen molar-refractivity contribution in [2.45, 2.75) is 24.1 Å². The number of fused-ring (bicyclic) bond motifs is 1. The van der Waals surface area contributed by atoms with Crippen molar-refractivity contribution in [1.29, 1.82) is 0 Å². The van der Waals surface area contributed by atoms with E-state index in [2.05, 4.69) is 4.98 Å². The highest BCUT2D eigenvalue weighted by Gasteiger charge is 2.77. The molecular weight excluding hydrogens is 375 g/mol. The molecule has 11 heteroatoms. The Morgan fingerprint density at radius 1 is 1.00 bits per heavy atom. The topological polar surface area (TPSA) is 62.6 Å². The Hall–Kier alpha value is -2.40. The van der Waals surface area contributed by atoms with E-state index in [0.717, 1.165) is 18.2 Å². The second-order valence-electron chi connectivity index (χ2n) is 5.42. The van der Waals surface area contributed by atoms with E-state index >= 15 is 0 Å². The Labute approximate surface area is 140 Å². The van der Waals surface area contributed by atoms with Gasteiger partial charge in [0.05, 0.1) is 5.56 Å². The van der Waals surface area contributed by atoms with Crippen LogP contribution < -0.4 is 4.74 Å². The second-order valence-corrected chi connectivity index (χ2v) is 5.42. The van der Waals surface area contributed by atoms with Crippen molar-refractivity contribution in [3.63, 3.8) is 0 Å². The van der Waals surface area contributed by atoms with Gasteiger partial charge < -0.3 is 14.9 Å². The first kappa shape index (κ1) is 18.4. The molecule has 1 aromatic heterocycles. The molecule has 26 heavy (non-hydrogen) atoms. The molecule has 0 spiro atoms.